The van der Waals surface area contributed by atoms with Crippen molar-refractivity contribution in [2.45, 2.75) is 13.3 Å². The molecule has 4 aromatic rings. The van der Waals surface area contributed by atoms with Crippen LogP contribution in [0.1, 0.15) is 23.6 Å². The number of hydrogen-bond donors (Lipinski definition) is 0. The summed E-state index contributed by atoms with van der Waals surface area (Å²) in [5.74, 6) is 0.853. The van der Waals surface area contributed by atoms with Crippen molar-refractivity contribution in [3.63, 3.8) is 0 Å². The minimum atomic E-state index is 0.853. The van der Waals surface area contributed by atoms with Gasteiger partial charge in [-0.15, -0.1) is 0 Å². The quantitative estimate of drug-likeness (QED) is 0.290. The fourth-order valence-electron chi connectivity index (χ4n) is 3.55. The highest BCUT2D eigenvalue weighted by atomic mass is 16.5. The van der Waals surface area contributed by atoms with Crippen LogP contribution < -0.4 is 9.64 Å². The summed E-state index contributed by atoms with van der Waals surface area (Å²) >= 11 is 0. The van der Waals surface area contributed by atoms with Crippen LogP contribution in [-0.4, -0.2) is 7.11 Å². The number of ether oxygens (including phenoxy) is 1. The first-order chi connectivity index (χ1) is 15.3. The van der Waals surface area contributed by atoms with Crippen molar-refractivity contribution in [2.24, 2.45) is 0 Å². The fourth-order valence-corrected chi connectivity index (χ4v) is 3.55. The molecule has 0 bridgehead atoms. The lowest BCUT2D eigenvalue weighted by Gasteiger charge is -2.26. The number of rotatable bonds is 7. The van der Waals surface area contributed by atoms with E-state index in [0.29, 0.717) is 0 Å². The molecule has 0 atom stereocenters. The van der Waals surface area contributed by atoms with Gasteiger partial charge in [-0.25, -0.2) is 0 Å². The van der Waals surface area contributed by atoms with E-state index in [0.717, 1.165) is 29.2 Å². The zero-order valence-electron chi connectivity index (χ0n) is 18.0. The van der Waals surface area contributed by atoms with Crippen LogP contribution in [0.2, 0.25) is 0 Å². The lowest BCUT2D eigenvalue weighted by molar-refractivity contribution is 0.415. The van der Waals surface area contributed by atoms with E-state index in [1.54, 1.807) is 7.11 Å². The molecule has 0 spiro atoms. The molecule has 0 saturated heterocycles. The van der Waals surface area contributed by atoms with Crippen LogP contribution in [0.25, 0.3) is 12.2 Å². The predicted molar refractivity (Wildman–Crippen MR) is 132 cm³/mol. The lowest BCUT2D eigenvalue weighted by atomic mass is 10.1. The monoisotopic (exact) mass is 405 g/mol. The highest BCUT2D eigenvalue weighted by molar-refractivity contribution is 5.78. The van der Waals surface area contributed by atoms with Gasteiger partial charge in [-0.05, 0) is 71.6 Å². The van der Waals surface area contributed by atoms with Gasteiger partial charge >= 0.3 is 0 Å². The molecule has 0 N–H and O–H groups in total. The number of methoxy groups -OCH3 is 1. The third kappa shape index (κ3) is 5.04. The number of hydrogen-bond acceptors (Lipinski definition) is 2. The second kappa shape index (κ2) is 9.82. The normalized spacial score (nSPS) is 10.9. The molecular formula is C29H27NO. The molecule has 154 valence electrons. The van der Waals surface area contributed by atoms with E-state index in [4.69, 9.17) is 4.74 Å². The summed E-state index contributed by atoms with van der Waals surface area (Å²) in [5, 5.41) is 0. The van der Waals surface area contributed by atoms with Crippen molar-refractivity contribution in [3.8, 4) is 5.75 Å². The fraction of sp³-hybridized carbons (Fsp3) is 0.103. The molecule has 0 saturated carbocycles. The van der Waals surface area contributed by atoms with Crippen LogP contribution in [0.15, 0.2) is 103 Å². The second-order valence-corrected chi connectivity index (χ2v) is 7.39. The number of anilines is 3. The van der Waals surface area contributed by atoms with Gasteiger partial charge in [0.1, 0.15) is 5.75 Å². The minimum Gasteiger partial charge on any atom is -0.497 e. The molecule has 0 aliphatic heterocycles. The Morgan fingerprint density at radius 1 is 0.613 bits per heavy atom. The van der Waals surface area contributed by atoms with Crippen molar-refractivity contribution in [2.75, 3.05) is 12.0 Å². The van der Waals surface area contributed by atoms with E-state index < -0.39 is 0 Å². The maximum absolute atomic E-state index is 5.34. The molecule has 0 heterocycles. The topological polar surface area (TPSA) is 12.5 Å². The highest BCUT2D eigenvalue weighted by Gasteiger charge is 2.12. The molecule has 2 heteroatoms. The summed E-state index contributed by atoms with van der Waals surface area (Å²) in [6, 6.07) is 36.0. The third-order valence-corrected chi connectivity index (χ3v) is 5.35. The molecule has 4 rings (SSSR count). The Labute approximate surface area is 185 Å². The predicted octanol–water partition coefficient (Wildman–Crippen LogP) is 7.90. The Kier molecular flexibility index (Phi) is 6.49. The van der Waals surface area contributed by atoms with Crippen LogP contribution >= 0.6 is 0 Å². The van der Waals surface area contributed by atoms with Gasteiger partial charge in [0.05, 0.1) is 7.11 Å². The average Bonchev–Trinajstić information content (AvgIpc) is 2.85. The first-order valence-corrected chi connectivity index (χ1v) is 10.6. The van der Waals surface area contributed by atoms with E-state index in [1.807, 2.05) is 18.2 Å². The number of aryl methyl sites for hydroxylation is 1. The molecule has 31 heavy (non-hydrogen) atoms. The molecule has 0 radical (unpaired) electrons. The average molecular weight is 406 g/mol. The van der Waals surface area contributed by atoms with Crippen molar-refractivity contribution in [3.05, 3.63) is 120 Å². The first kappa shape index (κ1) is 20.5. The van der Waals surface area contributed by atoms with E-state index in [-0.39, 0.29) is 0 Å². The van der Waals surface area contributed by atoms with Gasteiger partial charge in [0.2, 0.25) is 0 Å². The van der Waals surface area contributed by atoms with Crippen LogP contribution in [0.4, 0.5) is 17.1 Å². The third-order valence-electron chi connectivity index (χ3n) is 5.35. The first-order valence-electron chi connectivity index (χ1n) is 10.6. The maximum atomic E-state index is 5.34. The molecule has 0 unspecified atom stereocenters. The Hall–Kier alpha value is -3.78. The maximum Gasteiger partial charge on any atom is 0.119 e. The molecule has 0 aliphatic carbocycles. The molecule has 0 aromatic heterocycles. The Balaban J connectivity index is 1.66. The lowest BCUT2D eigenvalue weighted by Crippen LogP contribution is -2.09. The van der Waals surface area contributed by atoms with Crippen molar-refractivity contribution in [1.29, 1.82) is 0 Å². The van der Waals surface area contributed by atoms with Crippen LogP contribution in [0, 0.1) is 0 Å². The largest absolute Gasteiger partial charge is 0.497 e. The van der Waals surface area contributed by atoms with Crippen LogP contribution in [-0.2, 0) is 6.42 Å². The SMILES string of the molecule is CCc1ccc(N(c2ccc(/C=C/c3ccccc3)cc2)c2ccc(OC)cc2)cc1. The zero-order valence-corrected chi connectivity index (χ0v) is 18.0. The molecular weight excluding hydrogens is 378 g/mol. The standard InChI is InChI=1S/C29H27NO/c1-3-23-11-15-26(16-12-23)30(28-19-21-29(31-2)22-20-28)27-17-13-25(14-18-27)10-9-24-7-5-4-6-8-24/h4-22H,3H2,1-2H3/b10-9+. The zero-order chi connectivity index (χ0) is 21.5. The van der Waals surface area contributed by atoms with Gasteiger partial charge < -0.3 is 9.64 Å². The molecule has 0 amide bonds. The number of nitrogens with zero attached hydrogens (tertiary/aromatic N) is 1. The van der Waals surface area contributed by atoms with Crippen molar-refractivity contribution >= 4 is 29.2 Å². The van der Waals surface area contributed by atoms with Gasteiger partial charge in [0, 0.05) is 17.1 Å². The van der Waals surface area contributed by atoms with E-state index >= 15 is 0 Å². The van der Waals surface area contributed by atoms with Gasteiger partial charge in [-0.1, -0.05) is 73.7 Å². The number of benzene rings is 4. The second-order valence-electron chi connectivity index (χ2n) is 7.39. The van der Waals surface area contributed by atoms with Crippen LogP contribution in [0.3, 0.4) is 0 Å². The molecule has 0 aliphatic rings. The Morgan fingerprint density at radius 3 is 1.61 bits per heavy atom. The Bertz CT molecular complexity index is 1060. The van der Waals surface area contributed by atoms with Crippen molar-refractivity contribution in [1.82, 2.24) is 0 Å². The summed E-state index contributed by atoms with van der Waals surface area (Å²) in [6.07, 6.45) is 5.32. The molecule has 4 aromatic carbocycles. The summed E-state index contributed by atoms with van der Waals surface area (Å²) in [7, 11) is 1.69. The van der Waals surface area contributed by atoms with E-state index in [2.05, 4.69) is 109 Å². The van der Waals surface area contributed by atoms with Crippen LogP contribution in [0.5, 0.6) is 5.75 Å². The van der Waals surface area contributed by atoms with Gasteiger partial charge in [-0.2, -0.15) is 0 Å². The summed E-state index contributed by atoms with van der Waals surface area (Å²) in [4.78, 5) is 2.27. The van der Waals surface area contributed by atoms with E-state index in [1.165, 1.54) is 16.7 Å². The smallest absolute Gasteiger partial charge is 0.119 e. The minimum absolute atomic E-state index is 0.853. The molecule has 2 nitrogen and oxygen atoms in total. The summed E-state index contributed by atoms with van der Waals surface area (Å²) in [6.45, 7) is 2.18. The highest BCUT2D eigenvalue weighted by Crippen LogP contribution is 2.35. The van der Waals surface area contributed by atoms with Crippen molar-refractivity contribution < 1.29 is 4.74 Å². The molecule has 0 fully saturated rings. The van der Waals surface area contributed by atoms with Gasteiger partial charge in [0.15, 0.2) is 0 Å². The summed E-state index contributed by atoms with van der Waals surface area (Å²) < 4.78 is 5.34. The summed E-state index contributed by atoms with van der Waals surface area (Å²) in [5.41, 5.74) is 7.05. The van der Waals surface area contributed by atoms with E-state index in [9.17, 15) is 0 Å². The Morgan fingerprint density at radius 2 is 1.10 bits per heavy atom. The van der Waals surface area contributed by atoms with Gasteiger partial charge in [0.25, 0.3) is 0 Å². The van der Waals surface area contributed by atoms with Gasteiger partial charge in [-0.3, -0.25) is 0 Å².